The Labute approximate surface area is 101 Å². The van der Waals surface area contributed by atoms with Crippen LogP contribution < -0.4 is 5.32 Å². The van der Waals surface area contributed by atoms with Gasteiger partial charge < -0.3 is 10.3 Å². The summed E-state index contributed by atoms with van der Waals surface area (Å²) in [5, 5.41) is 4.06. The number of hydrogen-bond acceptors (Lipinski definition) is 1. The molecule has 3 heteroatoms. The number of aromatic amines is 1. The average Bonchev–Trinajstić information content (AvgIpc) is 2.55. The highest BCUT2D eigenvalue weighted by atomic mass is 16.1. The molecule has 0 spiro atoms. The van der Waals surface area contributed by atoms with Crippen molar-refractivity contribution in [1.29, 1.82) is 0 Å². The van der Waals surface area contributed by atoms with Gasteiger partial charge in [0.15, 0.2) is 0 Å². The van der Waals surface area contributed by atoms with E-state index in [2.05, 4.69) is 16.4 Å². The fourth-order valence-corrected chi connectivity index (χ4v) is 2.10. The molecule has 1 aromatic heterocycles. The molecule has 0 aliphatic heterocycles. The first-order chi connectivity index (χ1) is 8.08. The molecule has 0 fully saturated rings. The van der Waals surface area contributed by atoms with Crippen LogP contribution in [0.25, 0.3) is 10.9 Å². The zero-order valence-electron chi connectivity index (χ0n) is 10.5. The minimum Gasteiger partial charge on any atom is -0.358 e. The summed E-state index contributed by atoms with van der Waals surface area (Å²) in [4.78, 5) is 15.1. The smallest absolute Gasteiger partial charge is 0.224 e. The van der Waals surface area contributed by atoms with Crippen molar-refractivity contribution in [3.8, 4) is 0 Å². The third-order valence-corrected chi connectivity index (χ3v) is 2.81. The number of carbonyl (C=O) groups excluding carboxylic acids is 1. The number of nitrogens with one attached hydrogen (secondary N) is 2. The van der Waals surface area contributed by atoms with Crippen molar-refractivity contribution in [2.24, 2.45) is 0 Å². The fraction of sp³-hybridized carbons (Fsp3) is 0.357. The summed E-state index contributed by atoms with van der Waals surface area (Å²) < 4.78 is 0. The maximum atomic E-state index is 11.8. The molecule has 2 aromatic rings. The van der Waals surface area contributed by atoms with Crippen molar-refractivity contribution >= 4 is 16.8 Å². The number of benzene rings is 1. The van der Waals surface area contributed by atoms with Crippen molar-refractivity contribution in [2.75, 3.05) is 0 Å². The molecule has 2 rings (SSSR count). The van der Waals surface area contributed by atoms with Crippen LogP contribution in [0.15, 0.2) is 24.3 Å². The number of fused-ring (bicyclic) bond motifs is 1. The fourth-order valence-electron chi connectivity index (χ4n) is 2.10. The number of hydrogen-bond donors (Lipinski definition) is 2. The van der Waals surface area contributed by atoms with Gasteiger partial charge in [0.1, 0.15) is 0 Å². The van der Waals surface area contributed by atoms with Crippen molar-refractivity contribution in [1.82, 2.24) is 10.3 Å². The van der Waals surface area contributed by atoms with Crippen LogP contribution in [0.1, 0.15) is 25.1 Å². The van der Waals surface area contributed by atoms with E-state index < -0.39 is 0 Å². The molecular weight excluding hydrogens is 212 g/mol. The third kappa shape index (κ3) is 2.49. The van der Waals surface area contributed by atoms with E-state index >= 15 is 0 Å². The molecule has 0 atom stereocenters. The van der Waals surface area contributed by atoms with Crippen molar-refractivity contribution in [2.45, 2.75) is 33.2 Å². The largest absolute Gasteiger partial charge is 0.358 e. The minimum atomic E-state index is 0.0767. The molecule has 0 radical (unpaired) electrons. The number of rotatable bonds is 3. The average molecular weight is 230 g/mol. The molecule has 0 saturated heterocycles. The normalized spacial score (nSPS) is 11.1. The van der Waals surface area contributed by atoms with Gasteiger partial charge in [-0.1, -0.05) is 18.2 Å². The molecule has 90 valence electrons. The number of H-pyrrole nitrogens is 1. The van der Waals surface area contributed by atoms with Crippen LogP contribution in [-0.2, 0) is 11.2 Å². The van der Waals surface area contributed by atoms with Gasteiger partial charge in [0.2, 0.25) is 5.91 Å². The van der Waals surface area contributed by atoms with E-state index in [0.29, 0.717) is 6.42 Å². The van der Waals surface area contributed by atoms with E-state index in [-0.39, 0.29) is 11.9 Å². The quantitative estimate of drug-likeness (QED) is 0.836. The zero-order valence-corrected chi connectivity index (χ0v) is 10.5. The molecule has 17 heavy (non-hydrogen) atoms. The Hall–Kier alpha value is -1.77. The lowest BCUT2D eigenvalue weighted by Crippen LogP contribution is -2.31. The van der Waals surface area contributed by atoms with Gasteiger partial charge in [-0.05, 0) is 32.4 Å². The first-order valence-corrected chi connectivity index (χ1v) is 5.93. The van der Waals surface area contributed by atoms with E-state index in [9.17, 15) is 4.79 Å². The predicted octanol–water partition coefficient (Wildman–Crippen LogP) is 2.54. The molecular formula is C14H18N2O. The number of para-hydroxylation sites is 1. The van der Waals surface area contributed by atoms with Gasteiger partial charge in [-0.15, -0.1) is 0 Å². The standard InChI is InChI=1S/C14H18N2O/c1-9(2)15-14(17)8-12-10(3)16-13-7-5-4-6-11(12)13/h4-7,9,16H,8H2,1-3H3,(H,15,17). The van der Waals surface area contributed by atoms with Crippen molar-refractivity contribution in [3.05, 3.63) is 35.5 Å². The van der Waals surface area contributed by atoms with Gasteiger partial charge in [-0.3, -0.25) is 4.79 Å². The molecule has 2 N–H and O–H groups in total. The topological polar surface area (TPSA) is 44.9 Å². The summed E-state index contributed by atoms with van der Waals surface area (Å²) in [7, 11) is 0. The van der Waals surface area contributed by atoms with E-state index in [0.717, 1.165) is 22.2 Å². The Bertz CT molecular complexity index is 540. The maximum absolute atomic E-state index is 11.8. The number of aryl methyl sites for hydroxylation is 1. The summed E-state index contributed by atoms with van der Waals surface area (Å²) in [6, 6.07) is 8.27. The van der Waals surface area contributed by atoms with E-state index in [1.54, 1.807) is 0 Å². The van der Waals surface area contributed by atoms with Crippen LogP contribution in [-0.4, -0.2) is 16.9 Å². The van der Waals surface area contributed by atoms with Crippen LogP contribution in [0, 0.1) is 6.92 Å². The number of carbonyl (C=O) groups is 1. The zero-order chi connectivity index (χ0) is 12.4. The number of aromatic nitrogens is 1. The van der Waals surface area contributed by atoms with Crippen LogP contribution in [0.2, 0.25) is 0 Å². The lowest BCUT2D eigenvalue weighted by atomic mass is 10.1. The third-order valence-electron chi connectivity index (χ3n) is 2.81. The van der Waals surface area contributed by atoms with Crippen molar-refractivity contribution < 1.29 is 4.79 Å². The Kier molecular flexibility index (Phi) is 3.18. The molecule has 1 amide bonds. The maximum Gasteiger partial charge on any atom is 0.224 e. The van der Waals surface area contributed by atoms with Crippen LogP contribution in [0.5, 0.6) is 0 Å². The summed E-state index contributed by atoms with van der Waals surface area (Å²) in [6.45, 7) is 5.96. The molecule has 3 nitrogen and oxygen atoms in total. The molecule has 0 bridgehead atoms. The van der Waals surface area contributed by atoms with Crippen molar-refractivity contribution in [3.63, 3.8) is 0 Å². The predicted molar refractivity (Wildman–Crippen MR) is 70.0 cm³/mol. The van der Waals surface area contributed by atoms with E-state index in [1.165, 1.54) is 0 Å². The molecule has 0 aliphatic rings. The van der Waals surface area contributed by atoms with Crippen LogP contribution >= 0.6 is 0 Å². The monoisotopic (exact) mass is 230 g/mol. The highest BCUT2D eigenvalue weighted by Crippen LogP contribution is 2.22. The van der Waals surface area contributed by atoms with Gasteiger partial charge >= 0.3 is 0 Å². The van der Waals surface area contributed by atoms with Crippen LogP contribution in [0.3, 0.4) is 0 Å². The first-order valence-electron chi connectivity index (χ1n) is 5.93. The van der Waals surface area contributed by atoms with E-state index in [1.807, 2.05) is 39.0 Å². The molecule has 0 aliphatic carbocycles. The second-order valence-electron chi connectivity index (χ2n) is 4.67. The molecule has 0 unspecified atom stereocenters. The van der Waals surface area contributed by atoms with Gasteiger partial charge in [-0.2, -0.15) is 0 Å². The Morgan fingerprint density at radius 2 is 2.06 bits per heavy atom. The Morgan fingerprint density at radius 3 is 2.76 bits per heavy atom. The number of amides is 1. The lowest BCUT2D eigenvalue weighted by Gasteiger charge is -2.08. The first kappa shape index (κ1) is 11.7. The summed E-state index contributed by atoms with van der Waals surface area (Å²) in [5.41, 5.74) is 3.27. The summed E-state index contributed by atoms with van der Waals surface area (Å²) in [6.07, 6.45) is 0.439. The minimum absolute atomic E-state index is 0.0767. The lowest BCUT2D eigenvalue weighted by molar-refractivity contribution is -0.120. The van der Waals surface area contributed by atoms with Crippen LogP contribution in [0.4, 0.5) is 0 Å². The molecule has 0 saturated carbocycles. The highest BCUT2D eigenvalue weighted by molar-refractivity contribution is 5.90. The highest BCUT2D eigenvalue weighted by Gasteiger charge is 2.12. The van der Waals surface area contributed by atoms with Gasteiger partial charge in [0.25, 0.3) is 0 Å². The summed E-state index contributed by atoms with van der Waals surface area (Å²) in [5.74, 6) is 0.0767. The summed E-state index contributed by atoms with van der Waals surface area (Å²) >= 11 is 0. The van der Waals surface area contributed by atoms with Gasteiger partial charge in [-0.25, -0.2) is 0 Å². The Balaban J connectivity index is 2.29. The molecule has 1 aromatic carbocycles. The van der Waals surface area contributed by atoms with E-state index in [4.69, 9.17) is 0 Å². The van der Waals surface area contributed by atoms with Gasteiger partial charge in [0, 0.05) is 22.6 Å². The Morgan fingerprint density at radius 1 is 1.35 bits per heavy atom. The second kappa shape index (κ2) is 4.62. The second-order valence-corrected chi connectivity index (χ2v) is 4.67. The van der Waals surface area contributed by atoms with Gasteiger partial charge in [0.05, 0.1) is 6.42 Å². The SMILES string of the molecule is Cc1[nH]c2ccccc2c1CC(=O)NC(C)C. The molecule has 1 heterocycles.